The summed E-state index contributed by atoms with van der Waals surface area (Å²) in [5, 5.41) is 0. The fourth-order valence-corrected chi connectivity index (χ4v) is 1.06. The van der Waals surface area contributed by atoms with Gasteiger partial charge in [0.15, 0.2) is 0 Å². The van der Waals surface area contributed by atoms with Crippen LogP contribution in [0.3, 0.4) is 0 Å². The summed E-state index contributed by atoms with van der Waals surface area (Å²) in [4.78, 5) is 11.2. The van der Waals surface area contributed by atoms with Crippen LogP contribution in [0.2, 0.25) is 0 Å². The Morgan fingerprint density at radius 1 is 1.36 bits per heavy atom. The summed E-state index contributed by atoms with van der Waals surface area (Å²) in [7, 11) is 0. The van der Waals surface area contributed by atoms with E-state index in [9.17, 15) is 4.79 Å². The molecule has 0 radical (unpaired) electrons. The van der Waals surface area contributed by atoms with E-state index in [1.54, 1.807) is 26.0 Å². The van der Waals surface area contributed by atoms with Crippen molar-refractivity contribution in [3.8, 4) is 5.75 Å². The van der Waals surface area contributed by atoms with E-state index in [1.807, 2.05) is 12.1 Å². The summed E-state index contributed by atoms with van der Waals surface area (Å²) < 4.78 is 5.09. The lowest BCUT2D eigenvalue weighted by Gasteiger charge is -2.06. The van der Waals surface area contributed by atoms with Crippen LogP contribution >= 0.6 is 11.6 Å². The number of hydrogen-bond donors (Lipinski definition) is 0. The number of benzene rings is 1. The highest BCUT2D eigenvalue weighted by molar-refractivity contribution is 6.17. The van der Waals surface area contributed by atoms with Gasteiger partial charge in [0, 0.05) is 5.88 Å². The summed E-state index contributed by atoms with van der Waals surface area (Å²) in [6.07, 6.45) is 0. The van der Waals surface area contributed by atoms with Crippen LogP contribution in [0.4, 0.5) is 0 Å². The van der Waals surface area contributed by atoms with E-state index < -0.39 is 0 Å². The van der Waals surface area contributed by atoms with Crippen molar-refractivity contribution in [3.05, 3.63) is 29.8 Å². The van der Waals surface area contributed by atoms with E-state index in [2.05, 4.69) is 0 Å². The molecule has 0 atom stereocenters. The van der Waals surface area contributed by atoms with E-state index >= 15 is 0 Å². The van der Waals surface area contributed by atoms with E-state index in [-0.39, 0.29) is 11.9 Å². The predicted octanol–water partition coefficient (Wildman–Crippen LogP) is 2.99. The van der Waals surface area contributed by atoms with Crippen LogP contribution in [0.5, 0.6) is 5.75 Å². The van der Waals surface area contributed by atoms with Crippen LogP contribution in [-0.4, -0.2) is 5.97 Å². The third-order valence-electron chi connectivity index (χ3n) is 1.77. The maximum absolute atomic E-state index is 11.2. The van der Waals surface area contributed by atoms with E-state index in [1.165, 1.54) is 0 Å². The predicted molar refractivity (Wildman–Crippen MR) is 56.5 cm³/mol. The third-order valence-corrected chi connectivity index (χ3v) is 2.08. The standard InChI is InChI=1S/C11H13ClO2/c1-8(2)11(13)14-10-5-3-9(7-12)4-6-10/h3-6,8H,7H2,1-2H3. The van der Waals surface area contributed by atoms with Crippen LogP contribution in [0.1, 0.15) is 19.4 Å². The normalized spacial score (nSPS) is 10.3. The van der Waals surface area contributed by atoms with Crippen molar-refractivity contribution in [2.45, 2.75) is 19.7 Å². The van der Waals surface area contributed by atoms with Gasteiger partial charge in [-0.05, 0) is 17.7 Å². The second-order valence-corrected chi connectivity index (χ2v) is 3.62. The van der Waals surface area contributed by atoms with Gasteiger partial charge in [0.2, 0.25) is 0 Å². The molecule has 1 aromatic carbocycles. The average molecular weight is 213 g/mol. The lowest BCUT2D eigenvalue weighted by atomic mass is 10.2. The maximum Gasteiger partial charge on any atom is 0.313 e. The quantitative estimate of drug-likeness (QED) is 0.438. The molecule has 0 spiro atoms. The number of carbonyl (C=O) groups is 1. The SMILES string of the molecule is CC(C)C(=O)Oc1ccc(CCl)cc1. The van der Waals surface area contributed by atoms with Crippen LogP contribution in [0, 0.1) is 5.92 Å². The molecule has 0 unspecified atom stereocenters. The molecular formula is C11H13ClO2. The Kier molecular flexibility index (Phi) is 3.96. The molecule has 0 fully saturated rings. The van der Waals surface area contributed by atoms with Crippen LogP contribution in [0.15, 0.2) is 24.3 Å². The van der Waals surface area contributed by atoms with Crippen LogP contribution in [-0.2, 0) is 10.7 Å². The summed E-state index contributed by atoms with van der Waals surface area (Å²) in [6, 6.07) is 7.18. The number of alkyl halides is 1. The monoisotopic (exact) mass is 212 g/mol. The molecule has 0 bridgehead atoms. The molecule has 1 rings (SSSR count). The molecule has 0 heterocycles. The van der Waals surface area contributed by atoms with E-state index in [4.69, 9.17) is 16.3 Å². The molecule has 0 aliphatic rings. The summed E-state index contributed by atoms with van der Waals surface area (Å²) in [5.41, 5.74) is 1.01. The highest BCUT2D eigenvalue weighted by Crippen LogP contribution is 2.14. The van der Waals surface area contributed by atoms with Crippen molar-refractivity contribution >= 4 is 17.6 Å². The molecule has 0 aliphatic heterocycles. The maximum atomic E-state index is 11.2. The van der Waals surface area contributed by atoms with Crippen molar-refractivity contribution in [2.24, 2.45) is 5.92 Å². The number of rotatable bonds is 3. The Morgan fingerprint density at radius 3 is 2.36 bits per heavy atom. The largest absolute Gasteiger partial charge is 0.426 e. The minimum absolute atomic E-state index is 0.109. The van der Waals surface area contributed by atoms with Crippen molar-refractivity contribution < 1.29 is 9.53 Å². The first-order valence-electron chi connectivity index (χ1n) is 4.50. The van der Waals surface area contributed by atoms with Crippen molar-refractivity contribution in [1.29, 1.82) is 0 Å². The fourth-order valence-electron chi connectivity index (χ4n) is 0.881. The smallest absolute Gasteiger partial charge is 0.313 e. The van der Waals surface area contributed by atoms with Crippen molar-refractivity contribution in [2.75, 3.05) is 0 Å². The van der Waals surface area contributed by atoms with Gasteiger partial charge in [0.1, 0.15) is 5.75 Å². The molecule has 3 heteroatoms. The molecule has 0 N–H and O–H groups in total. The highest BCUT2D eigenvalue weighted by Gasteiger charge is 2.08. The topological polar surface area (TPSA) is 26.3 Å². The molecule has 0 saturated heterocycles. The Balaban J connectivity index is 2.64. The molecule has 14 heavy (non-hydrogen) atoms. The molecule has 0 aromatic heterocycles. The Hall–Kier alpha value is -1.02. The minimum atomic E-state index is -0.219. The fraction of sp³-hybridized carbons (Fsp3) is 0.364. The first kappa shape index (κ1) is 11.1. The zero-order chi connectivity index (χ0) is 10.6. The molecular weight excluding hydrogens is 200 g/mol. The van der Waals surface area contributed by atoms with Gasteiger partial charge in [0.05, 0.1) is 5.92 Å². The second-order valence-electron chi connectivity index (χ2n) is 3.35. The molecule has 0 aliphatic carbocycles. The number of hydrogen-bond acceptors (Lipinski definition) is 2. The second kappa shape index (κ2) is 5.01. The average Bonchev–Trinajstić information content (AvgIpc) is 2.19. The van der Waals surface area contributed by atoms with Crippen molar-refractivity contribution in [3.63, 3.8) is 0 Å². The van der Waals surface area contributed by atoms with Gasteiger partial charge in [-0.25, -0.2) is 0 Å². The van der Waals surface area contributed by atoms with E-state index in [0.29, 0.717) is 11.6 Å². The third kappa shape index (κ3) is 3.04. The summed E-state index contributed by atoms with van der Waals surface area (Å²) in [6.45, 7) is 3.60. The molecule has 0 saturated carbocycles. The Labute approximate surface area is 88.8 Å². The molecule has 1 aromatic rings. The lowest BCUT2D eigenvalue weighted by molar-refractivity contribution is -0.137. The van der Waals surface area contributed by atoms with Gasteiger partial charge in [-0.3, -0.25) is 4.79 Å². The number of esters is 1. The van der Waals surface area contributed by atoms with Gasteiger partial charge >= 0.3 is 5.97 Å². The molecule has 76 valence electrons. The van der Waals surface area contributed by atoms with Gasteiger partial charge in [-0.1, -0.05) is 26.0 Å². The lowest BCUT2D eigenvalue weighted by Crippen LogP contribution is -2.14. The van der Waals surface area contributed by atoms with Gasteiger partial charge in [-0.15, -0.1) is 11.6 Å². The van der Waals surface area contributed by atoms with E-state index in [0.717, 1.165) is 5.56 Å². The first-order chi connectivity index (χ1) is 6.63. The number of halogens is 1. The van der Waals surface area contributed by atoms with Gasteiger partial charge in [0.25, 0.3) is 0 Å². The Morgan fingerprint density at radius 2 is 1.93 bits per heavy atom. The minimum Gasteiger partial charge on any atom is -0.426 e. The first-order valence-corrected chi connectivity index (χ1v) is 5.03. The Bertz CT molecular complexity index is 304. The summed E-state index contributed by atoms with van der Waals surface area (Å²) >= 11 is 5.63. The van der Waals surface area contributed by atoms with Gasteiger partial charge in [-0.2, -0.15) is 0 Å². The highest BCUT2D eigenvalue weighted by atomic mass is 35.5. The zero-order valence-electron chi connectivity index (χ0n) is 8.29. The zero-order valence-corrected chi connectivity index (χ0v) is 9.04. The summed E-state index contributed by atoms with van der Waals surface area (Å²) in [5.74, 6) is 0.710. The van der Waals surface area contributed by atoms with Crippen LogP contribution in [0.25, 0.3) is 0 Å². The van der Waals surface area contributed by atoms with Crippen LogP contribution < -0.4 is 4.74 Å². The van der Waals surface area contributed by atoms with Gasteiger partial charge < -0.3 is 4.74 Å². The number of ether oxygens (including phenoxy) is 1. The molecule has 2 nitrogen and oxygen atoms in total. The van der Waals surface area contributed by atoms with Crippen molar-refractivity contribution in [1.82, 2.24) is 0 Å². The molecule has 0 amide bonds. The number of carbonyl (C=O) groups excluding carboxylic acids is 1.